The first-order valence-electron chi connectivity index (χ1n) is 9.54. The third-order valence-corrected chi connectivity index (χ3v) is 5.51. The van der Waals surface area contributed by atoms with E-state index in [0.29, 0.717) is 28.4 Å². The van der Waals surface area contributed by atoms with Gasteiger partial charge in [-0.1, -0.05) is 29.3 Å². The Morgan fingerprint density at radius 2 is 1.88 bits per heavy atom. The van der Waals surface area contributed by atoms with Crippen molar-refractivity contribution in [1.29, 1.82) is 5.41 Å². The van der Waals surface area contributed by atoms with Crippen LogP contribution in [0.2, 0.25) is 10.0 Å². The zero-order valence-corrected chi connectivity index (χ0v) is 20.2. The van der Waals surface area contributed by atoms with E-state index in [1.807, 2.05) is 0 Å². The lowest BCUT2D eigenvalue weighted by Gasteiger charge is -2.18. The topological polar surface area (TPSA) is 140 Å². The van der Waals surface area contributed by atoms with Gasteiger partial charge in [-0.2, -0.15) is 4.36 Å². The van der Waals surface area contributed by atoms with Crippen molar-refractivity contribution in [3.05, 3.63) is 81.7 Å². The molecule has 0 aliphatic rings. The van der Waals surface area contributed by atoms with Crippen LogP contribution < -0.4 is 16.2 Å². The molecule has 0 unspecified atom stereocenters. The highest BCUT2D eigenvalue weighted by Gasteiger charge is 2.17. The minimum Gasteiger partial charge on any atom is -0.471 e. The molecule has 8 nitrogen and oxygen atoms in total. The van der Waals surface area contributed by atoms with Gasteiger partial charge < -0.3 is 15.9 Å². The number of hydrogen-bond acceptors (Lipinski definition) is 8. The molecule has 1 aromatic carbocycles. The van der Waals surface area contributed by atoms with Crippen molar-refractivity contribution >= 4 is 56.2 Å². The Kier molecular flexibility index (Phi) is 7.70. The van der Waals surface area contributed by atoms with Crippen LogP contribution in [-0.2, 0) is 9.73 Å². The number of halogens is 2. The molecule has 3 aromatic rings. The fourth-order valence-corrected chi connectivity index (χ4v) is 3.92. The zero-order valence-electron chi connectivity index (χ0n) is 17.8. The zero-order chi connectivity index (χ0) is 24.2. The maximum atomic E-state index is 11.8. The van der Waals surface area contributed by atoms with Crippen molar-refractivity contribution in [2.24, 2.45) is 10.1 Å². The van der Waals surface area contributed by atoms with Crippen molar-refractivity contribution < 1.29 is 8.95 Å². The van der Waals surface area contributed by atoms with Gasteiger partial charge in [-0.25, -0.2) is 9.19 Å². The van der Waals surface area contributed by atoms with Crippen LogP contribution in [0.3, 0.4) is 0 Å². The second-order valence-corrected chi connectivity index (χ2v) is 10.6. The van der Waals surface area contributed by atoms with E-state index in [9.17, 15) is 4.21 Å². The molecule has 2 heterocycles. The highest BCUT2D eigenvalue weighted by molar-refractivity contribution is 7.92. The Labute approximate surface area is 202 Å². The first kappa shape index (κ1) is 24.7. The summed E-state index contributed by atoms with van der Waals surface area (Å²) in [6, 6.07) is 8.31. The summed E-state index contributed by atoms with van der Waals surface area (Å²) < 4.78 is 21.6. The van der Waals surface area contributed by atoms with Crippen LogP contribution in [0.1, 0.15) is 22.9 Å². The fourth-order valence-electron chi connectivity index (χ4n) is 2.79. The second kappa shape index (κ2) is 10.3. The van der Waals surface area contributed by atoms with Gasteiger partial charge in [-0.05, 0) is 42.0 Å². The lowest BCUT2D eigenvalue weighted by atomic mass is 10.1. The van der Waals surface area contributed by atoms with Gasteiger partial charge in [0, 0.05) is 57.6 Å². The van der Waals surface area contributed by atoms with Crippen LogP contribution in [0, 0.1) is 5.41 Å². The molecule has 3 rings (SSSR count). The molecule has 0 saturated heterocycles. The van der Waals surface area contributed by atoms with E-state index in [1.54, 1.807) is 61.2 Å². The van der Waals surface area contributed by atoms with Crippen LogP contribution in [-0.4, -0.2) is 32.4 Å². The summed E-state index contributed by atoms with van der Waals surface area (Å²) in [4.78, 5) is 8.07. The largest absolute Gasteiger partial charge is 0.471 e. The first-order chi connectivity index (χ1) is 15.5. The van der Waals surface area contributed by atoms with E-state index in [1.165, 1.54) is 12.4 Å². The van der Waals surface area contributed by atoms with Gasteiger partial charge in [-0.3, -0.25) is 10.7 Å². The monoisotopic (exact) mass is 504 g/mol. The van der Waals surface area contributed by atoms with Crippen molar-refractivity contribution in [3.63, 3.8) is 0 Å². The number of pyridine rings is 2. The number of rotatable bonds is 7. The van der Waals surface area contributed by atoms with E-state index < -0.39 is 16.0 Å². The molecule has 0 saturated carbocycles. The number of nitrogen functional groups attached to an aromatic ring is 1. The summed E-state index contributed by atoms with van der Waals surface area (Å²) in [7, 11) is -2.28. The Morgan fingerprint density at radius 3 is 2.48 bits per heavy atom. The van der Waals surface area contributed by atoms with Crippen LogP contribution in [0.15, 0.2) is 59.4 Å². The van der Waals surface area contributed by atoms with Gasteiger partial charge in [0.2, 0.25) is 0 Å². The number of anilines is 1. The van der Waals surface area contributed by atoms with Crippen molar-refractivity contribution in [2.75, 3.05) is 18.2 Å². The van der Waals surface area contributed by atoms with E-state index in [4.69, 9.17) is 44.8 Å². The number of nitrogens with zero attached hydrogens (tertiary/aromatic N) is 3. The lowest BCUT2D eigenvalue weighted by Crippen LogP contribution is -2.19. The highest BCUT2D eigenvalue weighted by Crippen LogP contribution is 2.31. The molecule has 0 aliphatic carbocycles. The van der Waals surface area contributed by atoms with Gasteiger partial charge in [-0.15, -0.1) is 0 Å². The predicted octanol–water partition coefficient (Wildman–Crippen LogP) is 4.84. The van der Waals surface area contributed by atoms with Gasteiger partial charge in [0.15, 0.2) is 12.0 Å². The number of nitrogens with two attached hydrogens (primary N) is 2. The molecule has 0 radical (unpaired) electrons. The maximum absolute atomic E-state index is 11.8. The molecular formula is C22H22Cl2N6O2S. The Hall–Kier alpha value is -2.98. The summed E-state index contributed by atoms with van der Waals surface area (Å²) in [6.07, 6.45) is 9.88. The number of hydrogen-bond donors (Lipinski definition) is 3. The van der Waals surface area contributed by atoms with E-state index in [2.05, 4.69) is 14.3 Å². The Bertz CT molecular complexity index is 1310. The minimum absolute atomic E-state index is 0.158. The molecule has 33 heavy (non-hydrogen) atoms. The molecule has 0 amide bonds. The number of allylic oxidation sites excluding steroid dienone is 1. The van der Waals surface area contributed by atoms with E-state index >= 15 is 0 Å². The van der Waals surface area contributed by atoms with Crippen LogP contribution in [0.4, 0.5) is 11.5 Å². The van der Waals surface area contributed by atoms with Gasteiger partial charge in [0.25, 0.3) is 0 Å². The molecule has 0 fully saturated rings. The molecule has 5 N–H and O–H groups in total. The predicted molar refractivity (Wildman–Crippen MR) is 135 cm³/mol. The molecule has 172 valence electrons. The molecule has 0 bridgehead atoms. The number of benzene rings is 1. The summed E-state index contributed by atoms with van der Waals surface area (Å²) in [5.41, 5.74) is 14.4. The SMILES string of the molecule is CS(C)(=O)=Nc1ccc(/C=C/C(=N)c2cc(O[C@H](N)c3c(Cl)cncc3Cl)ccc2N)cn1. The van der Waals surface area contributed by atoms with Gasteiger partial charge in [0.1, 0.15) is 5.75 Å². The Balaban J connectivity index is 1.77. The third kappa shape index (κ3) is 6.75. The first-order valence-corrected chi connectivity index (χ1v) is 12.6. The minimum atomic E-state index is -2.28. The molecule has 2 aromatic heterocycles. The quantitative estimate of drug-likeness (QED) is 0.238. The van der Waals surface area contributed by atoms with Crippen molar-refractivity contribution in [3.8, 4) is 5.75 Å². The number of aromatic nitrogens is 2. The summed E-state index contributed by atoms with van der Waals surface area (Å²) in [5, 5.41) is 8.98. The molecule has 0 aliphatic heterocycles. The molecule has 11 heteroatoms. The molecule has 1 atom stereocenters. The van der Waals surface area contributed by atoms with Crippen LogP contribution >= 0.6 is 23.2 Å². The van der Waals surface area contributed by atoms with Crippen LogP contribution in [0.5, 0.6) is 5.75 Å². The Morgan fingerprint density at radius 1 is 1.18 bits per heavy atom. The summed E-state index contributed by atoms with van der Waals surface area (Å²) >= 11 is 12.3. The standard InChI is InChI=1S/C22H22Cl2N6O2S/c1-33(2,31)30-20-8-4-13(10-29-20)3-6-18(25)15-9-14(5-7-19(15)26)32-22(27)21-16(23)11-28-12-17(21)24/h3-12,22,25H,26-27H2,1-2H3/b6-3+,25-18?/t22-/m0/s1. The number of nitrogens with one attached hydrogen (secondary N) is 1. The van der Waals surface area contributed by atoms with Crippen molar-refractivity contribution in [1.82, 2.24) is 9.97 Å². The lowest BCUT2D eigenvalue weighted by molar-refractivity contribution is 0.214. The smallest absolute Gasteiger partial charge is 0.177 e. The average Bonchev–Trinajstić information content (AvgIpc) is 2.73. The van der Waals surface area contributed by atoms with Crippen LogP contribution in [0.25, 0.3) is 6.08 Å². The maximum Gasteiger partial charge on any atom is 0.177 e. The van der Waals surface area contributed by atoms with Crippen molar-refractivity contribution in [2.45, 2.75) is 6.23 Å². The summed E-state index contributed by atoms with van der Waals surface area (Å²) in [6.45, 7) is 0. The van der Waals surface area contributed by atoms with E-state index in [0.717, 1.165) is 5.56 Å². The fraction of sp³-hybridized carbons (Fsp3) is 0.136. The summed E-state index contributed by atoms with van der Waals surface area (Å²) in [5.74, 6) is 0.779. The second-order valence-electron chi connectivity index (χ2n) is 7.27. The normalized spacial score (nSPS) is 12.5. The van der Waals surface area contributed by atoms with E-state index in [-0.39, 0.29) is 15.8 Å². The highest BCUT2D eigenvalue weighted by atomic mass is 35.5. The van der Waals surface area contributed by atoms with Gasteiger partial charge in [0.05, 0.1) is 15.8 Å². The molecular weight excluding hydrogens is 483 g/mol. The van der Waals surface area contributed by atoms with Gasteiger partial charge >= 0.3 is 0 Å². The average molecular weight is 505 g/mol. The third-order valence-electron chi connectivity index (χ3n) is 4.28. The number of ether oxygens (including phenoxy) is 1. The molecule has 0 spiro atoms.